The highest BCUT2D eigenvalue weighted by Crippen LogP contribution is 2.33. The highest BCUT2D eigenvalue weighted by atomic mass is 127. The van der Waals surface area contributed by atoms with E-state index < -0.39 is 5.91 Å². The molecule has 0 fully saturated rings. The lowest BCUT2D eigenvalue weighted by molar-refractivity contribution is -0.112. The van der Waals surface area contributed by atoms with Crippen molar-refractivity contribution in [3.63, 3.8) is 0 Å². The number of ether oxygens (including phenoxy) is 2. The van der Waals surface area contributed by atoms with Gasteiger partial charge in [0.15, 0.2) is 11.5 Å². The Kier molecular flexibility index (Phi) is 7.33. The number of rotatable bonds is 6. The van der Waals surface area contributed by atoms with E-state index in [1.165, 1.54) is 19.3 Å². The van der Waals surface area contributed by atoms with Crippen molar-refractivity contribution in [1.82, 2.24) is 0 Å². The standard InChI is InChI=1S/C19H16ClIN2O4/c1-3-27-17-8-11(7-14(21)18(17)24)6-12(10-22)19(25)23-15-9-13(20)4-5-16(15)26-2/h4-9,24H,3H2,1-2H3,(H,23,25)/b12-6+. The molecule has 0 radical (unpaired) electrons. The van der Waals surface area contributed by atoms with Gasteiger partial charge >= 0.3 is 0 Å². The zero-order valence-electron chi connectivity index (χ0n) is 14.5. The van der Waals surface area contributed by atoms with Crippen LogP contribution in [0, 0.1) is 14.9 Å². The first kappa shape index (κ1) is 20.9. The molecule has 2 aromatic rings. The molecule has 0 aromatic heterocycles. The molecule has 27 heavy (non-hydrogen) atoms. The molecule has 0 heterocycles. The van der Waals surface area contributed by atoms with E-state index in [0.717, 1.165) is 0 Å². The topological polar surface area (TPSA) is 91.6 Å². The van der Waals surface area contributed by atoms with Crippen molar-refractivity contribution < 1.29 is 19.4 Å². The highest BCUT2D eigenvalue weighted by Gasteiger charge is 2.14. The number of carbonyl (C=O) groups is 1. The van der Waals surface area contributed by atoms with Crippen molar-refractivity contribution >= 4 is 51.9 Å². The molecule has 0 spiro atoms. The van der Waals surface area contributed by atoms with Crippen LogP contribution in [0.4, 0.5) is 5.69 Å². The number of nitrogens with zero attached hydrogens (tertiary/aromatic N) is 1. The Labute approximate surface area is 175 Å². The summed E-state index contributed by atoms with van der Waals surface area (Å²) in [5.74, 6) is 0.105. The molecule has 0 saturated carbocycles. The van der Waals surface area contributed by atoms with Crippen LogP contribution in [0.25, 0.3) is 6.08 Å². The van der Waals surface area contributed by atoms with Crippen LogP contribution >= 0.6 is 34.2 Å². The van der Waals surface area contributed by atoms with Crippen LogP contribution < -0.4 is 14.8 Å². The van der Waals surface area contributed by atoms with Gasteiger partial charge in [-0.2, -0.15) is 5.26 Å². The van der Waals surface area contributed by atoms with Crippen LogP contribution in [0.1, 0.15) is 12.5 Å². The summed E-state index contributed by atoms with van der Waals surface area (Å²) in [6.45, 7) is 2.16. The van der Waals surface area contributed by atoms with Crippen molar-refractivity contribution in [1.29, 1.82) is 5.26 Å². The second-order valence-electron chi connectivity index (χ2n) is 5.25. The van der Waals surface area contributed by atoms with Gasteiger partial charge in [0.25, 0.3) is 5.91 Å². The van der Waals surface area contributed by atoms with Crippen LogP contribution in [-0.4, -0.2) is 24.7 Å². The molecular weight excluding hydrogens is 483 g/mol. The molecule has 6 nitrogen and oxygen atoms in total. The monoisotopic (exact) mass is 498 g/mol. The maximum Gasteiger partial charge on any atom is 0.266 e. The molecule has 2 aromatic carbocycles. The summed E-state index contributed by atoms with van der Waals surface area (Å²) in [7, 11) is 1.47. The summed E-state index contributed by atoms with van der Waals surface area (Å²) in [4.78, 5) is 12.5. The zero-order chi connectivity index (χ0) is 20.0. The number of methoxy groups -OCH3 is 1. The number of nitrogens with one attached hydrogen (secondary N) is 1. The lowest BCUT2D eigenvalue weighted by atomic mass is 10.1. The number of phenols is 1. The van der Waals surface area contributed by atoms with Gasteiger partial charge in [-0.15, -0.1) is 0 Å². The number of anilines is 1. The fourth-order valence-electron chi connectivity index (χ4n) is 2.23. The molecule has 140 valence electrons. The predicted molar refractivity (Wildman–Crippen MR) is 112 cm³/mol. The van der Waals surface area contributed by atoms with E-state index in [0.29, 0.717) is 32.2 Å². The lowest BCUT2D eigenvalue weighted by Crippen LogP contribution is -2.14. The van der Waals surface area contributed by atoms with Gasteiger partial charge in [0.05, 0.1) is 23.0 Å². The minimum absolute atomic E-state index is 0.0150. The molecule has 8 heteroatoms. The first-order valence-electron chi connectivity index (χ1n) is 7.81. The number of benzene rings is 2. The Morgan fingerprint density at radius 2 is 2.11 bits per heavy atom. The normalized spacial score (nSPS) is 10.9. The predicted octanol–water partition coefficient (Wildman–Crippen LogP) is 4.60. The number of carbonyl (C=O) groups excluding carboxylic acids is 1. The van der Waals surface area contributed by atoms with Crippen LogP contribution in [-0.2, 0) is 4.79 Å². The summed E-state index contributed by atoms with van der Waals surface area (Å²) in [6.07, 6.45) is 1.41. The fraction of sp³-hybridized carbons (Fsp3) is 0.158. The van der Waals surface area contributed by atoms with E-state index in [2.05, 4.69) is 5.32 Å². The number of halogens is 2. The Balaban J connectivity index is 2.35. The van der Waals surface area contributed by atoms with Gasteiger partial charge < -0.3 is 19.9 Å². The minimum Gasteiger partial charge on any atom is -0.504 e. The summed E-state index contributed by atoms with van der Waals surface area (Å²) < 4.78 is 11.1. The second kappa shape index (κ2) is 9.48. The van der Waals surface area contributed by atoms with E-state index in [9.17, 15) is 15.2 Å². The van der Waals surface area contributed by atoms with Gasteiger partial charge in [0.1, 0.15) is 17.4 Å². The molecule has 0 aliphatic rings. The second-order valence-corrected chi connectivity index (χ2v) is 6.85. The third kappa shape index (κ3) is 5.28. The molecule has 0 unspecified atom stereocenters. The van der Waals surface area contributed by atoms with E-state index in [-0.39, 0.29) is 17.1 Å². The van der Waals surface area contributed by atoms with E-state index in [1.54, 1.807) is 31.2 Å². The van der Waals surface area contributed by atoms with E-state index >= 15 is 0 Å². The number of hydrogen-bond donors (Lipinski definition) is 2. The zero-order valence-corrected chi connectivity index (χ0v) is 17.5. The molecule has 0 saturated heterocycles. The van der Waals surface area contributed by atoms with Gasteiger partial charge in [-0.3, -0.25) is 4.79 Å². The van der Waals surface area contributed by atoms with Gasteiger partial charge in [-0.1, -0.05) is 11.6 Å². The van der Waals surface area contributed by atoms with Crippen molar-refractivity contribution in [2.45, 2.75) is 6.92 Å². The molecule has 2 N–H and O–H groups in total. The van der Waals surface area contributed by atoms with Crippen LogP contribution in [0.5, 0.6) is 17.2 Å². The van der Waals surface area contributed by atoms with Gasteiger partial charge in [-0.25, -0.2) is 0 Å². The van der Waals surface area contributed by atoms with Gasteiger partial charge in [0, 0.05) is 5.02 Å². The number of aromatic hydroxyl groups is 1. The number of amides is 1. The average molecular weight is 499 g/mol. The summed E-state index contributed by atoms with van der Waals surface area (Å²) >= 11 is 7.90. The van der Waals surface area contributed by atoms with Crippen molar-refractivity contribution in [2.24, 2.45) is 0 Å². The van der Waals surface area contributed by atoms with Crippen molar-refractivity contribution in [3.05, 3.63) is 50.1 Å². The number of nitriles is 1. The average Bonchev–Trinajstić information content (AvgIpc) is 2.64. The fourth-order valence-corrected chi connectivity index (χ4v) is 3.02. The van der Waals surface area contributed by atoms with Crippen LogP contribution in [0.3, 0.4) is 0 Å². The molecule has 0 aliphatic carbocycles. The van der Waals surface area contributed by atoms with E-state index in [1.807, 2.05) is 28.7 Å². The first-order valence-corrected chi connectivity index (χ1v) is 9.27. The van der Waals surface area contributed by atoms with Crippen LogP contribution in [0.2, 0.25) is 5.02 Å². The first-order chi connectivity index (χ1) is 12.9. The molecule has 2 rings (SSSR count). The van der Waals surface area contributed by atoms with Gasteiger partial charge in [-0.05, 0) is 71.5 Å². The van der Waals surface area contributed by atoms with Crippen LogP contribution in [0.15, 0.2) is 35.9 Å². The smallest absolute Gasteiger partial charge is 0.266 e. The maximum absolute atomic E-state index is 12.5. The molecule has 1 amide bonds. The third-order valence-corrected chi connectivity index (χ3v) is 4.49. The number of phenolic OH excluding ortho intramolecular Hbond substituents is 1. The highest BCUT2D eigenvalue weighted by molar-refractivity contribution is 14.1. The Morgan fingerprint density at radius 3 is 2.74 bits per heavy atom. The van der Waals surface area contributed by atoms with Crippen molar-refractivity contribution in [2.75, 3.05) is 19.0 Å². The van der Waals surface area contributed by atoms with E-state index in [4.69, 9.17) is 21.1 Å². The largest absolute Gasteiger partial charge is 0.504 e. The Morgan fingerprint density at radius 1 is 1.37 bits per heavy atom. The number of hydrogen-bond acceptors (Lipinski definition) is 5. The molecule has 0 atom stereocenters. The molecular formula is C19H16ClIN2O4. The van der Waals surface area contributed by atoms with Gasteiger partial charge in [0.2, 0.25) is 0 Å². The molecule has 0 aliphatic heterocycles. The molecule has 0 bridgehead atoms. The third-order valence-electron chi connectivity index (χ3n) is 3.44. The summed E-state index contributed by atoms with van der Waals surface area (Å²) in [6, 6.07) is 9.86. The minimum atomic E-state index is -0.612. The lowest BCUT2D eigenvalue weighted by Gasteiger charge is -2.11. The van der Waals surface area contributed by atoms with Crippen molar-refractivity contribution in [3.8, 4) is 23.3 Å². The SMILES string of the molecule is CCOc1cc(/C=C(\C#N)C(=O)Nc2cc(Cl)ccc2OC)cc(I)c1O. The maximum atomic E-state index is 12.5. The Hall–Kier alpha value is -2.44. The quantitative estimate of drug-likeness (QED) is 0.345. The Bertz CT molecular complexity index is 938. The summed E-state index contributed by atoms with van der Waals surface area (Å²) in [5.41, 5.74) is 0.776. The summed E-state index contributed by atoms with van der Waals surface area (Å²) in [5, 5.41) is 22.4.